The molecule has 1 N–H and O–H groups in total. The van der Waals surface area contributed by atoms with Gasteiger partial charge in [-0.25, -0.2) is 8.78 Å². The van der Waals surface area contributed by atoms with E-state index >= 15 is 0 Å². The quantitative estimate of drug-likeness (QED) is 0.833. The van der Waals surface area contributed by atoms with E-state index in [-0.39, 0.29) is 12.6 Å². The van der Waals surface area contributed by atoms with Gasteiger partial charge in [0.05, 0.1) is 6.54 Å². The zero-order valence-electron chi connectivity index (χ0n) is 13.3. The number of benzene rings is 2. The molecule has 3 rings (SSSR count). The number of halogens is 2. The van der Waals surface area contributed by atoms with Crippen molar-refractivity contribution in [3.63, 3.8) is 0 Å². The molecule has 0 aliphatic heterocycles. The van der Waals surface area contributed by atoms with Crippen LogP contribution in [0.1, 0.15) is 35.6 Å². The van der Waals surface area contributed by atoms with Crippen molar-refractivity contribution < 1.29 is 13.5 Å². The van der Waals surface area contributed by atoms with Gasteiger partial charge in [-0.2, -0.15) is 0 Å². The summed E-state index contributed by atoms with van der Waals surface area (Å²) in [5.41, 5.74) is 2.98. The van der Waals surface area contributed by atoms with Crippen molar-refractivity contribution >= 4 is 0 Å². The summed E-state index contributed by atoms with van der Waals surface area (Å²) < 4.78 is 32.2. The fourth-order valence-electron chi connectivity index (χ4n) is 3.13. The van der Waals surface area contributed by atoms with Gasteiger partial charge in [0, 0.05) is 6.04 Å². The van der Waals surface area contributed by atoms with Gasteiger partial charge in [-0.1, -0.05) is 24.1 Å². The molecule has 2 aromatic rings. The van der Waals surface area contributed by atoms with E-state index < -0.39 is 11.6 Å². The molecule has 1 aliphatic rings. The van der Waals surface area contributed by atoms with Crippen LogP contribution in [0.25, 0.3) is 0 Å². The molecule has 0 saturated heterocycles. The molecule has 0 radical (unpaired) electrons. The fraction of sp³-hybridized carbons (Fsp3) is 0.300. The van der Waals surface area contributed by atoms with Crippen LogP contribution in [0.5, 0.6) is 5.75 Å². The first-order valence-electron chi connectivity index (χ1n) is 8.04. The Hall–Kier alpha value is -2.38. The SMILES string of the molecule is C#CCNC1CCCc2c(OCc3ccc(F)c(F)c3)cccc21. The summed E-state index contributed by atoms with van der Waals surface area (Å²) in [6.45, 7) is 0.736. The molecule has 4 heteroatoms. The van der Waals surface area contributed by atoms with Crippen LogP contribution in [0, 0.1) is 24.0 Å². The first-order chi connectivity index (χ1) is 11.7. The normalized spacial score (nSPS) is 16.3. The highest BCUT2D eigenvalue weighted by molar-refractivity contribution is 5.43. The predicted octanol–water partition coefficient (Wildman–Crippen LogP) is 4.14. The second kappa shape index (κ2) is 7.46. The van der Waals surface area contributed by atoms with Crippen molar-refractivity contribution in [2.24, 2.45) is 0 Å². The molecule has 2 aromatic carbocycles. The van der Waals surface area contributed by atoms with Crippen LogP contribution in [0.2, 0.25) is 0 Å². The number of terminal acetylenes is 1. The Labute approximate surface area is 140 Å². The number of nitrogens with one attached hydrogen (secondary N) is 1. The number of rotatable bonds is 5. The predicted molar refractivity (Wildman–Crippen MR) is 89.6 cm³/mol. The van der Waals surface area contributed by atoms with Crippen molar-refractivity contribution in [2.75, 3.05) is 6.54 Å². The zero-order chi connectivity index (χ0) is 16.9. The minimum absolute atomic E-state index is 0.204. The van der Waals surface area contributed by atoms with Gasteiger partial charge in [-0.3, -0.25) is 5.32 Å². The topological polar surface area (TPSA) is 21.3 Å². The van der Waals surface area contributed by atoms with Gasteiger partial charge in [0.2, 0.25) is 0 Å². The number of hydrogen-bond acceptors (Lipinski definition) is 2. The Kier molecular flexibility index (Phi) is 5.12. The molecule has 0 spiro atoms. The molecule has 124 valence electrons. The van der Waals surface area contributed by atoms with Crippen LogP contribution in [-0.4, -0.2) is 6.54 Å². The lowest BCUT2D eigenvalue weighted by atomic mass is 9.87. The summed E-state index contributed by atoms with van der Waals surface area (Å²) in [7, 11) is 0. The van der Waals surface area contributed by atoms with Crippen molar-refractivity contribution in [1.82, 2.24) is 5.32 Å². The Morgan fingerprint density at radius 3 is 2.88 bits per heavy atom. The second-order valence-electron chi connectivity index (χ2n) is 5.89. The van der Waals surface area contributed by atoms with Gasteiger partial charge in [0.1, 0.15) is 12.4 Å². The van der Waals surface area contributed by atoms with E-state index in [4.69, 9.17) is 11.2 Å². The molecule has 0 amide bonds. The smallest absolute Gasteiger partial charge is 0.159 e. The summed E-state index contributed by atoms with van der Waals surface area (Å²) in [6.07, 6.45) is 8.38. The molecule has 24 heavy (non-hydrogen) atoms. The van der Waals surface area contributed by atoms with E-state index in [0.717, 1.165) is 31.1 Å². The van der Waals surface area contributed by atoms with Gasteiger partial charge in [0.15, 0.2) is 11.6 Å². The summed E-state index contributed by atoms with van der Waals surface area (Å²) in [4.78, 5) is 0. The highest BCUT2D eigenvalue weighted by Crippen LogP contribution is 2.35. The lowest BCUT2D eigenvalue weighted by molar-refractivity contribution is 0.298. The molecule has 0 fully saturated rings. The van der Waals surface area contributed by atoms with Crippen molar-refractivity contribution in [3.05, 3.63) is 64.7 Å². The van der Waals surface area contributed by atoms with E-state index in [0.29, 0.717) is 12.1 Å². The second-order valence-corrected chi connectivity index (χ2v) is 5.89. The van der Waals surface area contributed by atoms with Crippen LogP contribution in [-0.2, 0) is 13.0 Å². The largest absolute Gasteiger partial charge is 0.489 e. The third-order valence-corrected chi connectivity index (χ3v) is 4.29. The summed E-state index contributed by atoms with van der Waals surface area (Å²) in [6, 6.07) is 10.0. The number of fused-ring (bicyclic) bond motifs is 1. The third kappa shape index (κ3) is 3.58. The standard InChI is InChI=1S/C20H19F2NO/c1-2-11-23-19-7-3-6-16-15(19)5-4-8-20(16)24-13-14-9-10-17(21)18(22)12-14/h1,4-5,8-10,12,19,23H,3,6-7,11,13H2. The molecule has 1 atom stereocenters. The van der Waals surface area contributed by atoms with Gasteiger partial charge in [-0.05, 0) is 54.2 Å². The summed E-state index contributed by atoms with van der Waals surface area (Å²) in [5.74, 6) is 1.70. The number of hydrogen-bond donors (Lipinski definition) is 1. The molecular weight excluding hydrogens is 308 g/mol. The minimum Gasteiger partial charge on any atom is -0.489 e. The maximum Gasteiger partial charge on any atom is 0.159 e. The van der Waals surface area contributed by atoms with E-state index in [2.05, 4.69) is 17.3 Å². The van der Waals surface area contributed by atoms with E-state index in [1.54, 1.807) is 0 Å². The van der Waals surface area contributed by atoms with Crippen LogP contribution in [0.15, 0.2) is 36.4 Å². The average molecular weight is 327 g/mol. The monoisotopic (exact) mass is 327 g/mol. The van der Waals surface area contributed by atoms with Gasteiger partial charge >= 0.3 is 0 Å². The van der Waals surface area contributed by atoms with Crippen LogP contribution in [0.4, 0.5) is 8.78 Å². The van der Waals surface area contributed by atoms with Crippen molar-refractivity contribution in [2.45, 2.75) is 31.9 Å². The minimum atomic E-state index is -0.857. The molecule has 0 heterocycles. The first kappa shape index (κ1) is 16.5. The van der Waals surface area contributed by atoms with Gasteiger partial charge in [0.25, 0.3) is 0 Å². The zero-order valence-corrected chi connectivity index (χ0v) is 13.3. The molecule has 0 bridgehead atoms. The van der Waals surface area contributed by atoms with Crippen LogP contribution >= 0.6 is 0 Å². The summed E-state index contributed by atoms with van der Waals surface area (Å²) in [5, 5.41) is 3.36. The Balaban J connectivity index is 1.77. The maximum atomic E-state index is 13.3. The van der Waals surface area contributed by atoms with Gasteiger partial charge in [-0.15, -0.1) is 6.42 Å². The number of ether oxygens (including phenoxy) is 1. The highest BCUT2D eigenvalue weighted by Gasteiger charge is 2.22. The Morgan fingerprint density at radius 2 is 2.08 bits per heavy atom. The molecular formula is C20H19F2NO. The highest BCUT2D eigenvalue weighted by atomic mass is 19.2. The van der Waals surface area contributed by atoms with Crippen molar-refractivity contribution in [1.29, 1.82) is 0 Å². The van der Waals surface area contributed by atoms with E-state index in [1.165, 1.54) is 23.3 Å². The Morgan fingerprint density at radius 1 is 1.21 bits per heavy atom. The van der Waals surface area contributed by atoms with E-state index in [9.17, 15) is 8.78 Å². The van der Waals surface area contributed by atoms with E-state index in [1.807, 2.05) is 12.1 Å². The first-order valence-corrected chi connectivity index (χ1v) is 8.04. The lowest BCUT2D eigenvalue weighted by Crippen LogP contribution is -2.25. The lowest BCUT2D eigenvalue weighted by Gasteiger charge is -2.27. The molecule has 1 unspecified atom stereocenters. The molecule has 1 aliphatic carbocycles. The van der Waals surface area contributed by atoms with Crippen molar-refractivity contribution in [3.8, 4) is 18.1 Å². The van der Waals surface area contributed by atoms with Crippen LogP contribution in [0.3, 0.4) is 0 Å². The Bertz CT molecular complexity index is 767. The van der Waals surface area contributed by atoms with Crippen LogP contribution < -0.4 is 10.1 Å². The molecule has 0 saturated carbocycles. The summed E-state index contributed by atoms with van der Waals surface area (Å²) >= 11 is 0. The fourth-order valence-corrected chi connectivity index (χ4v) is 3.13. The maximum absolute atomic E-state index is 13.3. The molecule has 2 nitrogen and oxygen atoms in total. The van der Waals surface area contributed by atoms with Gasteiger partial charge < -0.3 is 4.74 Å². The third-order valence-electron chi connectivity index (χ3n) is 4.29. The molecule has 0 aromatic heterocycles. The average Bonchev–Trinajstić information content (AvgIpc) is 2.61.